The number of carbonyl (C=O) groups is 1. The highest BCUT2D eigenvalue weighted by molar-refractivity contribution is 5.78. The molecule has 13 heavy (non-hydrogen) atoms. The minimum absolute atomic E-state index is 0.516. The van der Waals surface area contributed by atoms with Gasteiger partial charge in [-0.15, -0.1) is 0 Å². The van der Waals surface area contributed by atoms with Crippen LogP contribution < -0.4 is 9.64 Å². The van der Waals surface area contributed by atoms with Gasteiger partial charge in [-0.3, -0.25) is 4.79 Å². The number of hydrogen-bond acceptors (Lipinski definition) is 3. The van der Waals surface area contributed by atoms with E-state index in [9.17, 15) is 4.79 Å². The van der Waals surface area contributed by atoms with Crippen molar-refractivity contribution in [3.63, 3.8) is 0 Å². The fourth-order valence-corrected chi connectivity index (χ4v) is 1.32. The molecule has 0 unspecified atom stereocenters. The van der Waals surface area contributed by atoms with Gasteiger partial charge in [0.25, 0.3) is 0 Å². The van der Waals surface area contributed by atoms with Crippen LogP contribution in [0.2, 0.25) is 0 Å². The van der Waals surface area contributed by atoms with Crippen LogP contribution in [0.25, 0.3) is 0 Å². The number of nitrogens with zero attached hydrogens (tertiary/aromatic N) is 2. The van der Waals surface area contributed by atoms with Gasteiger partial charge in [0, 0.05) is 5.69 Å². The Hall–Kier alpha value is -1.58. The van der Waals surface area contributed by atoms with E-state index in [0.717, 1.165) is 17.8 Å². The maximum atomic E-state index is 10.7. The van der Waals surface area contributed by atoms with E-state index in [1.54, 1.807) is 4.90 Å². The average molecular weight is 178 g/mol. The Labute approximate surface area is 76.1 Å². The summed E-state index contributed by atoms with van der Waals surface area (Å²) >= 11 is 0. The third-order valence-corrected chi connectivity index (χ3v) is 1.99. The Morgan fingerprint density at radius 2 is 2.46 bits per heavy atom. The smallest absolute Gasteiger partial charge is 0.238 e. The van der Waals surface area contributed by atoms with Crippen LogP contribution in [0, 0.1) is 6.92 Å². The lowest BCUT2D eigenvalue weighted by molar-refractivity contribution is -0.107. The minimum Gasteiger partial charge on any atom is -0.474 e. The highest BCUT2D eigenvalue weighted by Crippen LogP contribution is 2.28. The number of hydrogen-bond donors (Lipinski definition) is 0. The second kappa shape index (κ2) is 3.05. The van der Waals surface area contributed by atoms with Crippen LogP contribution in [0.1, 0.15) is 5.69 Å². The molecule has 1 aliphatic heterocycles. The van der Waals surface area contributed by atoms with Crippen molar-refractivity contribution in [3.05, 3.63) is 17.8 Å². The fraction of sp³-hybridized carbons (Fsp3) is 0.333. The Morgan fingerprint density at radius 3 is 3.23 bits per heavy atom. The zero-order valence-corrected chi connectivity index (χ0v) is 7.36. The van der Waals surface area contributed by atoms with Crippen LogP contribution >= 0.6 is 0 Å². The molecule has 1 amide bonds. The number of ether oxygens (including phenoxy) is 1. The summed E-state index contributed by atoms with van der Waals surface area (Å²) in [6.07, 6.45) is 0.804. The van der Waals surface area contributed by atoms with Gasteiger partial charge in [0.2, 0.25) is 12.3 Å². The lowest BCUT2D eigenvalue weighted by Crippen LogP contribution is -2.31. The van der Waals surface area contributed by atoms with Crippen molar-refractivity contribution in [2.24, 2.45) is 0 Å². The van der Waals surface area contributed by atoms with Gasteiger partial charge in [-0.05, 0) is 19.1 Å². The van der Waals surface area contributed by atoms with Gasteiger partial charge in [0.15, 0.2) is 0 Å². The van der Waals surface area contributed by atoms with Gasteiger partial charge in [0.05, 0.1) is 6.54 Å². The maximum absolute atomic E-state index is 10.7. The van der Waals surface area contributed by atoms with Crippen LogP contribution in [0.15, 0.2) is 12.1 Å². The fourth-order valence-electron chi connectivity index (χ4n) is 1.32. The molecule has 0 aromatic carbocycles. The SMILES string of the molecule is Cc1ccc2c(n1)OCCN2C=O. The Bertz CT molecular complexity index is 338. The van der Waals surface area contributed by atoms with E-state index in [4.69, 9.17) is 4.74 Å². The molecule has 1 aromatic heterocycles. The van der Waals surface area contributed by atoms with Gasteiger partial charge >= 0.3 is 0 Å². The molecule has 0 bridgehead atoms. The summed E-state index contributed by atoms with van der Waals surface area (Å²) in [4.78, 5) is 16.4. The Kier molecular flexibility index (Phi) is 1.88. The van der Waals surface area contributed by atoms with E-state index >= 15 is 0 Å². The first-order valence-electron chi connectivity index (χ1n) is 4.13. The Morgan fingerprint density at radius 1 is 1.62 bits per heavy atom. The molecule has 0 atom stereocenters. The summed E-state index contributed by atoms with van der Waals surface area (Å²) in [5, 5.41) is 0. The zero-order valence-electron chi connectivity index (χ0n) is 7.36. The van der Waals surface area contributed by atoms with Crippen molar-refractivity contribution in [1.82, 2.24) is 4.98 Å². The summed E-state index contributed by atoms with van der Waals surface area (Å²) in [5.74, 6) is 0.554. The monoisotopic (exact) mass is 178 g/mol. The highest BCUT2D eigenvalue weighted by atomic mass is 16.5. The number of aromatic nitrogens is 1. The predicted molar refractivity (Wildman–Crippen MR) is 47.9 cm³/mol. The first-order valence-corrected chi connectivity index (χ1v) is 4.13. The first-order chi connectivity index (χ1) is 6.31. The number of fused-ring (bicyclic) bond motifs is 1. The maximum Gasteiger partial charge on any atom is 0.238 e. The molecule has 4 heteroatoms. The molecule has 1 aromatic rings. The van der Waals surface area contributed by atoms with Gasteiger partial charge < -0.3 is 9.64 Å². The molecule has 2 heterocycles. The molecule has 1 aliphatic rings. The third-order valence-electron chi connectivity index (χ3n) is 1.99. The van der Waals surface area contributed by atoms with Crippen LogP contribution in [0.3, 0.4) is 0 Å². The lowest BCUT2D eigenvalue weighted by Gasteiger charge is -2.25. The van der Waals surface area contributed by atoms with Crippen LogP contribution in [0.4, 0.5) is 5.69 Å². The molecule has 0 spiro atoms. The predicted octanol–water partition coefficient (Wildman–Crippen LogP) is 0.745. The van der Waals surface area contributed by atoms with Gasteiger partial charge in [0.1, 0.15) is 12.3 Å². The van der Waals surface area contributed by atoms with E-state index in [-0.39, 0.29) is 0 Å². The number of amides is 1. The lowest BCUT2D eigenvalue weighted by atomic mass is 10.3. The van der Waals surface area contributed by atoms with E-state index in [1.165, 1.54) is 0 Å². The summed E-state index contributed by atoms with van der Waals surface area (Å²) < 4.78 is 5.32. The molecule has 0 fully saturated rings. The summed E-state index contributed by atoms with van der Waals surface area (Å²) in [7, 11) is 0. The summed E-state index contributed by atoms with van der Waals surface area (Å²) in [5.41, 5.74) is 1.65. The number of aryl methyl sites for hydroxylation is 1. The van der Waals surface area contributed by atoms with E-state index in [0.29, 0.717) is 19.0 Å². The van der Waals surface area contributed by atoms with Gasteiger partial charge in [-0.2, -0.15) is 0 Å². The van der Waals surface area contributed by atoms with Crippen LogP contribution in [-0.4, -0.2) is 24.5 Å². The molecule has 0 saturated heterocycles. The number of anilines is 1. The van der Waals surface area contributed by atoms with Crippen LogP contribution in [0.5, 0.6) is 5.88 Å². The molecule has 68 valence electrons. The molecule has 0 radical (unpaired) electrons. The molecule has 0 aliphatic carbocycles. The zero-order chi connectivity index (χ0) is 9.26. The van der Waals surface area contributed by atoms with Crippen molar-refractivity contribution in [1.29, 1.82) is 0 Å². The minimum atomic E-state index is 0.516. The van der Waals surface area contributed by atoms with Crippen molar-refractivity contribution in [2.45, 2.75) is 6.92 Å². The quantitative estimate of drug-likeness (QED) is 0.596. The summed E-state index contributed by atoms with van der Waals surface area (Å²) in [6.45, 7) is 3.01. The third kappa shape index (κ3) is 1.35. The second-order valence-electron chi connectivity index (χ2n) is 2.92. The number of carbonyl (C=O) groups excluding carboxylic acids is 1. The van der Waals surface area contributed by atoms with Crippen molar-refractivity contribution >= 4 is 12.1 Å². The van der Waals surface area contributed by atoms with Crippen LogP contribution in [-0.2, 0) is 4.79 Å². The molecule has 2 rings (SSSR count). The molecule has 0 N–H and O–H groups in total. The van der Waals surface area contributed by atoms with Gasteiger partial charge in [-0.25, -0.2) is 4.98 Å². The van der Waals surface area contributed by atoms with Crippen molar-refractivity contribution in [3.8, 4) is 5.88 Å². The Balaban J connectivity index is 2.45. The van der Waals surface area contributed by atoms with E-state index in [1.807, 2.05) is 19.1 Å². The number of rotatable bonds is 1. The average Bonchev–Trinajstić information content (AvgIpc) is 2.16. The molecular weight excluding hydrogens is 168 g/mol. The summed E-state index contributed by atoms with van der Waals surface area (Å²) in [6, 6.07) is 3.72. The van der Waals surface area contributed by atoms with E-state index in [2.05, 4.69) is 4.98 Å². The van der Waals surface area contributed by atoms with Crippen molar-refractivity contribution < 1.29 is 9.53 Å². The van der Waals surface area contributed by atoms with E-state index < -0.39 is 0 Å². The largest absolute Gasteiger partial charge is 0.474 e. The molecular formula is C9H10N2O2. The van der Waals surface area contributed by atoms with Gasteiger partial charge in [-0.1, -0.05) is 0 Å². The highest BCUT2D eigenvalue weighted by Gasteiger charge is 2.18. The standard InChI is InChI=1S/C9H10N2O2/c1-7-2-3-8-9(10-7)13-5-4-11(8)6-12/h2-3,6H,4-5H2,1H3. The normalized spacial score (nSPS) is 14.7. The second-order valence-corrected chi connectivity index (χ2v) is 2.92. The molecule has 0 saturated carbocycles. The topological polar surface area (TPSA) is 42.4 Å². The number of pyridine rings is 1. The molecule has 4 nitrogen and oxygen atoms in total. The first kappa shape index (κ1) is 8.04. The van der Waals surface area contributed by atoms with Crippen molar-refractivity contribution in [2.75, 3.05) is 18.1 Å².